The number of hydrogen-bond acceptors (Lipinski definition) is 4. The Morgan fingerprint density at radius 3 is 2.56 bits per heavy atom. The lowest BCUT2D eigenvalue weighted by molar-refractivity contribution is -0.276. The Kier molecular flexibility index (Phi) is 3.69. The summed E-state index contributed by atoms with van der Waals surface area (Å²) in [4.78, 5) is 3.29. The first-order chi connectivity index (χ1) is 7.39. The van der Waals surface area contributed by atoms with Crippen molar-refractivity contribution in [2.45, 2.75) is 12.2 Å². The SMILES string of the molecule is COc1c(O)cnc(OC(F)(F)F)c1CCl. The topological polar surface area (TPSA) is 51.6 Å². The molecule has 0 aliphatic heterocycles. The van der Waals surface area contributed by atoms with Crippen LogP contribution in [0.25, 0.3) is 0 Å². The number of pyridine rings is 1. The Balaban J connectivity index is 3.19. The molecule has 0 unspecified atom stereocenters. The van der Waals surface area contributed by atoms with Gasteiger partial charge in [-0.3, -0.25) is 0 Å². The Labute approximate surface area is 93.6 Å². The van der Waals surface area contributed by atoms with Gasteiger partial charge in [0.2, 0.25) is 5.88 Å². The van der Waals surface area contributed by atoms with Gasteiger partial charge in [0.25, 0.3) is 0 Å². The molecule has 1 N–H and O–H groups in total. The van der Waals surface area contributed by atoms with Crippen molar-refractivity contribution in [1.29, 1.82) is 0 Å². The quantitative estimate of drug-likeness (QED) is 0.845. The molecule has 0 atom stereocenters. The van der Waals surface area contributed by atoms with Crippen LogP contribution in [-0.4, -0.2) is 23.6 Å². The lowest BCUT2D eigenvalue weighted by atomic mass is 10.2. The van der Waals surface area contributed by atoms with Crippen molar-refractivity contribution in [2.75, 3.05) is 7.11 Å². The Hall–Kier alpha value is -1.37. The number of halogens is 4. The summed E-state index contributed by atoms with van der Waals surface area (Å²) in [7, 11) is 1.18. The molecule has 0 aromatic carbocycles. The standard InChI is InChI=1S/C8H7ClF3NO3/c1-15-6-4(2-9)7(13-3-5(6)14)16-8(10,11)12/h3,14H,2H2,1H3. The molecular formula is C8H7ClF3NO3. The van der Waals surface area contributed by atoms with Crippen molar-refractivity contribution in [2.24, 2.45) is 0 Å². The zero-order chi connectivity index (χ0) is 12.3. The number of nitrogens with zero attached hydrogens (tertiary/aromatic N) is 1. The average Bonchev–Trinajstić information content (AvgIpc) is 2.18. The van der Waals surface area contributed by atoms with E-state index < -0.39 is 18.0 Å². The minimum absolute atomic E-state index is 0.165. The highest BCUT2D eigenvalue weighted by molar-refractivity contribution is 6.17. The predicted molar refractivity (Wildman–Crippen MR) is 48.7 cm³/mol. The van der Waals surface area contributed by atoms with Crippen molar-refractivity contribution >= 4 is 11.6 Å². The van der Waals surface area contributed by atoms with Gasteiger partial charge in [0.15, 0.2) is 11.5 Å². The third-order valence-corrected chi connectivity index (χ3v) is 1.89. The number of rotatable bonds is 3. The summed E-state index contributed by atoms with van der Waals surface area (Å²) in [5, 5.41) is 9.26. The number of methoxy groups -OCH3 is 1. The highest BCUT2D eigenvalue weighted by Gasteiger charge is 2.33. The van der Waals surface area contributed by atoms with E-state index in [0.29, 0.717) is 0 Å². The van der Waals surface area contributed by atoms with Crippen LogP contribution in [0.2, 0.25) is 0 Å². The van der Waals surface area contributed by atoms with E-state index in [0.717, 1.165) is 6.20 Å². The van der Waals surface area contributed by atoms with Gasteiger partial charge in [0.05, 0.1) is 24.8 Å². The molecule has 0 radical (unpaired) electrons. The van der Waals surface area contributed by atoms with E-state index >= 15 is 0 Å². The summed E-state index contributed by atoms with van der Waals surface area (Å²) < 4.78 is 44.3. The number of hydrogen-bond donors (Lipinski definition) is 1. The average molecular weight is 258 g/mol. The highest BCUT2D eigenvalue weighted by Crippen LogP contribution is 2.37. The van der Waals surface area contributed by atoms with E-state index in [4.69, 9.17) is 16.3 Å². The van der Waals surface area contributed by atoms with Crippen molar-refractivity contribution in [3.05, 3.63) is 11.8 Å². The second-order valence-corrected chi connectivity index (χ2v) is 2.91. The minimum Gasteiger partial charge on any atom is -0.503 e. The largest absolute Gasteiger partial charge is 0.574 e. The van der Waals surface area contributed by atoms with Crippen molar-refractivity contribution in [1.82, 2.24) is 4.98 Å². The van der Waals surface area contributed by atoms with Crippen LogP contribution >= 0.6 is 11.6 Å². The van der Waals surface area contributed by atoms with Gasteiger partial charge in [-0.05, 0) is 0 Å². The summed E-state index contributed by atoms with van der Waals surface area (Å²) >= 11 is 5.44. The molecule has 0 spiro atoms. The maximum atomic E-state index is 12.0. The summed E-state index contributed by atoms with van der Waals surface area (Å²) in [5.74, 6) is -1.68. The molecule has 0 aliphatic carbocycles. The summed E-state index contributed by atoms with van der Waals surface area (Å²) in [5.41, 5.74) is -0.165. The van der Waals surface area contributed by atoms with Crippen LogP contribution in [0.1, 0.15) is 5.56 Å². The van der Waals surface area contributed by atoms with Crippen LogP contribution in [0.5, 0.6) is 17.4 Å². The second-order valence-electron chi connectivity index (χ2n) is 2.64. The molecule has 0 amide bonds. The van der Waals surface area contributed by atoms with Crippen LogP contribution in [0, 0.1) is 0 Å². The van der Waals surface area contributed by atoms with Crippen LogP contribution in [-0.2, 0) is 5.88 Å². The summed E-state index contributed by atoms with van der Waals surface area (Å²) in [6.07, 6.45) is -4.09. The fraction of sp³-hybridized carbons (Fsp3) is 0.375. The molecule has 1 aromatic rings. The fourth-order valence-electron chi connectivity index (χ4n) is 1.05. The van der Waals surface area contributed by atoms with Gasteiger partial charge in [-0.25, -0.2) is 4.98 Å². The van der Waals surface area contributed by atoms with E-state index in [1.807, 2.05) is 0 Å². The molecule has 4 nitrogen and oxygen atoms in total. The van der Waals surface area contributed by atoms with Crippen molar-refractivity contribution in [3.8, 4) is 17.4 Å². The van der Waals surface area contributed by atoms with E-state index in [9.17, 15) is 18.3 Å². The molecule has 8 heteroatoms. The first-order valence-corrected chi connectivity index (χ1v) is 4.49. The third-order valence-electron chi connectivity index (χ3n) is 1.62. The molecule has 0 aliphatic rings. The van der Waals surface area contributed by atoms with Gasteiger partial charge in [-0.15, -0.1) is 24.8 Å². The van der Waals surface area contributed by atoms with E-state index in [1.54, 1.807) is 0 Å². The molecule has 0 bridgehead atoms. The van der Waals surface area contributed by atoms with Crippen LogP contribution in [0.3, 0.4) is 0 Å². The number of ether oxygens (including phenoxy) is 2. The Bertz CT molecular complexity index is 384. The zero-order valence-electron chi connectivity index (χ0n) is 8.01. The molecule has 1 heterocycles. The van der Waals surface area contributed by atoms with Crippen molar-refractivity contribution in [3.63, 3.8) is 0 Å². The van der Waals surface area contributed by atoms with Gasteiger partial charge < -0.3 is 14.6 Å². The van der Waals surface area contributed by atoms with Gasteiger partial charge >= 0.3 is 6.36 Å². The molecule has 90 valence electrons. The molecule has 16 heavy (non-hydrogen) atoms. The monoisotopic (exact) mass is 257 g/mol. The number of alkyl halides is 4. The molecular weight excluding hydrogens is 251 g/mol. The maximum absolute atomic E-state index is 12.0. The first-order valence-electron chi connectivity index (χ1n) is 3.95. The Morgan fingerprint density at radius 1 is 1.50 bits per heavy atom. The number of aromatic hydroxyl groups is 1. The smallest absolute Gasteiger partial charge is 0.503 e. The summed E-state index contributed by atoms with van der Waals surface area (Å²) in [6.45, 7) is 0. The summed E-state index contributed by atoms with van der Waals surface area (Å²) in [6, 6.07) is 0. The number of aromatic nitrogens is 1. The minimum atomic E-state index is -4.88. The van der Waals surface area contributed by atoms with E-state index in [1.165, 1.54) is 7.11 Å². The lowest BCUT2D eigenvalue weighted by Crippen LogP contribution is -2.19. The third kappa shape index (κ3) is 2.82. The maximum Gasteiger partial charge on any atom is 0.574 e. The highest BCUT2D eigenvalue weighted by atomic mass is 35.5. The first kappa shape index (κ1) is 12.7. The molecule has 1 rings (SSSR count). The van der Waals surface area contributed by atoms with Gasteiger partial charge in [0.1, 0.15) is 0 Å². The lowest BCUT2D eigenvalue weighted by Gasteiger charge is -2.14. The predicted octanol–water partition coefficient (Wildman–Crippen LogP) is 2.43. The Morgan fingerprint density at radius 2 is 2.12 bits per heavy atom. The molecule has 0 saturated heterocycles. The molecule has 0 saturated carbocycles. The fourth-order valence-corrected chi connectivity index (χ4v) is 1.29. The van der Waals surface area contributed by atoms with Gasteiger partial charge in [-0.2, -0.15) is 0 Å². The van der Waals surface area contributed by atoms with Gasteiger partial charge in [-0.1, -0.05) is 0 Å². The van der Waals surface area contributed by atoms with Crippen LogP contribution < -0.4 is 9.47 Å². The zero-order valence-corrected chi connectivity index (χ0v) is 8.76. The van der Waals surface area contributed by atoms with E-state index in [2.05, 4.69) is 9.72 Å². The normalized spacial score (nSPS) is 11.3. The molecule has 1 aromatic heterocycles. The van der Waals surface area contributed by atoms with E-state index in [-0.39, 0.29) is 17.2 Å². The second kappa shape index (κ2) is 4.65. The van der Waals surface area contributed by atoms with Crippen LogP contribution in [0.15, 0.2) is 6.20 Å². The van der Waals surface area contributed by atoms with Gasteiger partial charge in [0, 0.05) is 0 Å². The van der Waals surface area contributed by atoms with Crippen molar-refractivity contribution < 1.29 is 27.8 Å². The molecule has 0 fully saturated rings. The van der Waals surface area contributed by atoms with Crippen LogP contribution in [0.4, 0.5) is 13.2 Å².